The third-order valence-corrected chi connectivity index (χ3v) is 4.61. The number of aryl methyl sites for hydroxylation is 1. The molecule has 0 unspecified atom stereocenters. The Morgan fingerprint density at radius 3 is 2.58 bits per heavy atom. The first-order valence-corrected chi connectivity index (χ1v) is 9.10. The van der Waals surface area contributed by atoms with E-state index in [-0.39, 0.29) is 11.7 Å². The lowest BCUT2D eigenvalue weighted by Gasteiger charge is -2.06. The van der Waals surface area contributed by atoms with E-state index in [0.717, 1.165) is 28.3 Å². The number of aromatic nitrogens is 2. The van der Waals surface area contributed by atoms with E-state index >= 15 is 0 Å². The van der Waals surface area contributed by atoms with Crippen molar-refractivity contribution >= 4 is 23.4 Å². The summed E-state index contributed by atoms with van der Waals surface area (Å²) in [5, 5.41) is 12.0. The van der Waals surface area contributed by atoms with Gasteiger partial charge < -0.3 is 10.1 Å². The Kier molecular flexibility index (Phi) is 5.86. The third kappa shape index (κ3) is 4.83. The van der Waals surface area contributed by atoms with Crippen LogP contribution in [-0.2, 0) is 4.79 Å². The number of carbonyl (C=O) groups is 1. The van der Waals surface area contributed by atoms with Gasteiger partial charge in [0.15, 0.2) is 0 Å². The maximum atomic E-state index is 12.0. The van der Waals surface area contributed by atoms with Gasteiger partial charge in [0.2, 0.25) is 5.91 Å². The predicted octanol–water partition coefficient (Wildman–Crippen LogP) is 4.19. The molecule has 0 spiro atoms. The van der Waals surface area contributed by atoms with Gasteiger partial charge in [-0.3, -0.25) is 4.79 Å². The fraction of sp³-hybridized carbons (Fsp3) is 0.150. The molecule has 0 saturated heterocycles. The largest absolute Gasteiger partial charge is 0.497 e. The number of hydrogen-bond donors (Lipinski definition) is 1. The molecule has 1 N–H and O–H groups in total. The third-order valence-electron chi connectivity index (χ3n) is 3.69. The van der Waals surface area contributed by atoms with Crippen molar-refractivity contribution in [2.24, 2.45) is 0 Å². The molecule has 2 aromatic carbocycles. The molecule has 3 aromatic rings. The molecule has 132 valence electrons. The van der Waals surface area contributed by atoms with Gasteiger partial charge in [0, 0.05) is 11.3 Å². The van der Waals surface area contributed by atoms with Gasteiger partial charge >= 0.3 is 0 Å². The molecule has 5 nitrogen and oxygen atoms in total. The lowest BCUT2D eigenvalue weighted by Crippen LogP contribution is -2.14. The second-order valence-electron chi connectivity index (χ2n) is 5.69. The molecule has 1 heterocycles. The first kappa shape index (κ1) is 17.9. The molecule has 1 amide bonds. The number of hydrogen-bond acceptors (Lipinski definition) is 5. The molecule has 26 heavy (non-hydrogen) atoms. The van der Waals surface area contributed by atoms with Gasteiger partial charge in [-0.2, -0.15) is 0 Å². The number of nitrogens with zero attached hydrogens (tertiary/aromatic N) is 2. The molecule has 1 aromatic heterocycles. The molecular weight excluding hydrogens is 346 g/mol. The van der Waals surface area contributed by atoms with E-state index in [2.05, 4.69) is 15.5 Å². The predicted molar refractivity (Wildman–Crippen MR) is 105 cm³/mol. The van der Waals surface area contributed by atoms with Crippen molar-refractivity contribution in [3.05, 3.63) is 66.2 Å². The fourth-order valence-electron chi connectivity index (χ4n) is 2.31. The molecule has 0 bridgehead atoms. The zero-order chi connectivity index (χ0) is 18.4. The molecule has 3 rings (SSSR count). The van der Waals surface area contributed by atoms with Crippen molar-refractivity contribution in [1.82, 2.24) is 10.2 Å². The maximum absolute atomic E-state index is 12.0. The summed E-state index contributed by atoms with van der Waals surface area (Å²) in [6, 6.07) is 19.1. The molecule has 0 radical (unpaired) electrons. The van der Waals surface area contributed by atoms with E-state index in [1.54, 1.807) is 7.11 Å². The summed E-state index contributed by atoms with van der Waals surface area (Å²) < 4.78 is 5.22. The quantitative estimate of drug-likeness (QED) is 0.664. The smallest absolute Gasteiger partial charge is 0.234 e. The number of ether oxygens (including phenoxy) is 1. The number of methoxy groups -OCH3 is 1. The Bertz CT molecular complexity index is 880. The summed E-state index contributed by atoms with van der Waals surface area (Å²) in [5.74, 6) is 0.981. The molecule has 6 heteroatoms. The molecule has 0 saturated carbocycles. The van der Waals surface area contributed by atoms with Crippen LogP contribution in [0.1, 0.15) is 5.56 Å². The number of carbonyl (C=O) groups excluding carboxylic acids is 1. The van der Waals surface area contributed by atoms with Gasteiger partial charge in [0.05, 0.1) is 18.6 Å². The summed E-state index contributed by atoms with van der Waals surface area (Å²) in [6.07, 6.45) is 0. The van der Waals surface area contributed by atoms with Crippen LogP contribution >= 0.6 is 11.8 Å². The van der Waals surface area contributed by atoms with Gasteiger partial charge in [-0.1, -0.05) is 41.6 Å². The van der Waals surface area contributed by atoms with Crippen LogP contribution in [0.2, 0.25) is 0 Å². The van der Waals surface area contributed by atoms with E-state index in [0.29, 0.717) is 5.03 Å². The maximum Gasteiger partial charge on any atom is 0.234 e. The Labute approximate surface area is 156 Å². The van der Waals surface area contributed by atoms with Crippen LogP contribution in [0.25, 0.3) is 11.3 Å². The number of anilines is 1. The molecular formula is C20H19N3O2S. The lowest BCUT2D eigenvalue weighted by molar-refractivity contribution is -0.113. The summed E-state index contributed by atoms with van der Waals surface area (Å²) in [4.78, 5) is 12.0. The van der Waals surface area contributed by atoms with Crippen molar-refractivity contribution in [2.45, 2.75) is 11.9 Å². The van der Waals surface area contributed by atoms with Crippen molar-refractivity contribution in [1.29, 1.82) is 0 Å². The molecule has 0 aliphatic rings. The van der Waals surface area contributed by atoms with E-state index in [1.165, 1.54) is 11.8 Å². The Morgan fingerprint density at radius 1 is 1.08 bits per heavy atom. The number of rotatable bonds is 6. The number of nitrogens with one attached hydrogen (secondary N) is 1. The van der Waals surface area contributed by atoms with Crippen LogP contribution in [0.4, 0.5) is 5.69 Å². The van der Waals surface area contributed by atoms with Crippen molar-refractivity contribution in [2.75, 3.05) is 18.2 Å². The van der Waals surface area contributed by atoms with E-state index in [9.17, 15) is 4.79 Å². The first-order chi connectivity index (χ1) is 12.6. The standard InChI is InChI=1S/C20H19N3O2S/c1-14-6-8-16(9-7-14)21-19(24)13-26-20-11-10-18(22-23-20)15-4-3-5-17(12-15)25-2/h3-12H,13H2,1-2H3,(H,21,24). The Hall–Kier alpha value is -2.86. The summed E-state index contributed by atoms with van der Waals surface area (Å²) in [6.45, 7) is 2.01. The van der Waals surface area contributed by atoms with Crippen LogP contribution in [0, 0.1) is 6.92 Å². The fourth-order valence-corrected chi connectivity index (χ4v) is 2.92. The highest BCUT2D eigenvalue weighted by Crippen LogP contribution is 2.23. The monoisotopic (exact) mass is 365 g/mol. The number of thioether (sulfide) groups is 1. The van der Waals surface area contributed by atoms with Crippen LogP contribution in [0.15, 0.2) is 65.7 Å². The molecule has 0 fully saturated rings. The zero-order valence-corrected chi connectivity index (χ0v) is 15.4. The van der Waals surface area contributed by atoms with Crippen molar-refractivity contribution in [3.63, 3.8) is 0 Å². The second-order valence-corrected chi connectivity index (χ2v) is 6.69. The average Bonchev–Trinajstić information content (AvgIpc) is 2.68. The van der Waals surface area contributed by atoms with Gasteiger partial charge in [-0.15, -0.1) is 10.2 Å². The van der Waals surface area contributed by atoms with Crippen molar-refractivity contribution in [3.8, 4) is 17.0 Å². The molecule has 0 aliphatic carbocycles. The molecule has 0 atom stereocenters. The van der Waals surface area contributed by atoms with Crippen LogP contribution in [0.5, 0.6) is 5.75 Å². The van der Waals surface area contributed by atoms with E-state index < -0.39 is 0 Å². The highest BCUT2D eigenvalue weighted by molar-refractivity contribution is 7.99. The van der Waals surface area contributed by atoms with Gasteiger partial charge in [0.1, 0.15) is 10.8 Å². The minimum absolute atomic E-state index is 0.0717. The van der Waals surface area contributed by atoms with E-state index in [4.69, 9.17) is 4.74 Å². The summed E-state index contributed by atoms with van der Waals surface area (Å²) in [5.41, 5.74) is 3.65. The number of benzene rings is 2. The lowest BCUT2D eigenvalue weighted by atomic mass is 10.1. The van der Waals surface area contributed by atoms with Crippen LogP contribution in [0.3, 0.4) is 0 Å². The first-order valence-electron chi connectivity index (χ1n) is 8.11. The number of amides is 1. The normalized spacial score (nSPS) is 10.4. The van der Waals surface area contributed by atoms with Crippen LogP contribution in [-0.4, -0.2) is 29.0 Å². The minimum Gasteiger partial charge on any atom is -0.497 e. The van der Waals surface area contributed by atoms with Crippen molar-refractivity contribution < 1.29 is 9.53 Å². The van der Waals surface area contributed by atoms with E-state index in [1.807, 2.05) is 67.6 Å². The minimum atomic E-state index is -0.0717. The molecule has 0 aliphatic heterocycles. The zero-order valence-electron chi connectivity index (χ0n) is 14.6. The highest BCUT2D eigenvalue weighted by atomic mass is 32.2. The summed E-state index contributed by atoms with van der Waals surface area (Å²) in [7, 11) is 1.63. The van der Waals surface area contributed by atoms with Crippen LogP contribution < -0.4 is 10.1 Å². The van der Waals surface area contributed by atoms with Gasteiger partial charge in [0.25, 0.3) is 0 Å². The summed E-state index contributed by atoms with van der Waals surface area (Å²) >= 11 is 1.35. The topological polar surface area (TPSA) is 64.1 Å². The van der Waals surface area contributed by atoms with Gasteiger partial charge in [-0.25, -0.2) is 0 Å². The van der Waals surface area contributed by atoms with Gasteiger partial charge in [-0.05, 0) is 43.3 Å². The highest BCUT2D eigenvalue weighted by Gasteiger charge is 2.07. The average molecular weight is 365 g/mol. The Balaban J connectivity index is 1.57. The second kappa shape index (κ2) is 8.49. The SMILES string of the molecule is COc1cccc(-c2ccc(SCC(=O)Nc3ccc(C)cc3)nn2)c1. The Morgan fingerprint density at radius 2 is 1.88 bits per heavy atom.